The van der Waals surface area contributed by atoms with Crippen LogP contribution in [-0.4, -0.2) is 17.0 Å². The number of anilines is 1. The molecule has 7 heteroatoms. The summed E-state index contributed by atoms with van der Waals surface area (Å²) in [6.07, 6.45) is 9.74. The summed E-state index contributed by atoms with van der Waals surface area (Å²) in [6.45, 7) is 10.4. The second kappa shape index (κ2) is 11.4. The normalized spacial score (nSPS) is 17.4. The van der Waals surface area contributed by atoms with Gasteiger partial charge in [-0.2, -0.15) is 13.2 Å². The lowest BCUT2D eigenvalue weighted by molar-refractivity contribution is -0.137. The number of halogens is 3. The summed E-state index contributed by atoms with van der Waals surface area (Å²) in [5.74, 6) is -2.21. The number of amides is 1. The van der Waals surface area contributed by atoms with Gasteiger partial charge < -0.3 is 10.4 Å². The summed E-state index contributed by atoms with van der Waals surface area (Å²) in [6, 6.07) is 2.17. The average molecular weight is 488 g/mol. The van der Waals surface area contributed by atoms with E-state index in [1.54, 1.807) is 19.1 Å². The lowest BCUT2D eigenvalue weighted by Gasteiger charge is -2.32. The molecule has 0 aliphatic heterocycles. The van der Waals surface area contributed by atoms with Crippen molar-refractivity contribution in [3.63, 3.8) is 0 Å². The number of allylic oxidation sites excluding steroid dienone is 9. The zero-order valence-electron chi connectivity index (χ0n) is 20.7. The molecule has 0 radical (unpaired) electrons. The van der Waals surface area contributed by atoms with Gasteiger partial charge in [0.15, 0.2) is 0 Å². The summed E-state index contributed by atoms with van der Waals surface area (Å²) >= 11 is 0. The van der Waals surface area contributed by atoms with Crippen molar-refractivity contribution in [2.75, 3.05) is 5.32 Å². The fourth-order valence-electron chi connectivity index (χ4n) is 4.06. The van der Waals surface area contributed by atoms with Gasteiger partial charge in [0.2, 0.25) is 5.91 Å². The van der Waals surface area contributed by atoms with Crippen molar-refractivity contribution in [1.82, 2.24) is 0 Å². The van der Waals surface area contributed by atoms with E-state index in [0.29, 0.717) is 11.6 Å². The first-order valence-electron chi connectivity index (χ1n) is 11.4. The molecule has 1 aromatic rings. The maximum Gasteiger partial charge on any atom is 0.416 e. The summed E-state index contributed by atoms with van der Waals surface area (Å²) in [4.78, 5) is 23.6. The Hall–Kier alpha value is -3.35. The molecule has 2 N–H and O–H groups in total. The number of hydrogen-bond donors (Lipinski definition) is 2. The number of hydrogen-bond acceptors (Lipinski definition) is 2. The van der Waals surface area contributed by atoms with Gasteiger partial charge in [-0.1, -0.05) is 55.4 Å². The van der Waals surface area contributed by atoms with Crippen molar-refractivity contribution in [2.24, 2.45) is 5.41 Å². The van der Waals surface area contributed by atoms with E-state index in [0.717, 1.165) is 24.1 Å². The third-order valence-corrected chi connectivity index (χ3v) is 5.97. The first-order chi connectivity index (χ1) is 16.2. The van der Waals surface area contributed by atoms with Crippen molar-refractivity contribution in [1.29, 1.82) is 0 Å². The van der Waals surface area contributed by atoms with E-state index in [1.807, 2.05) is 13.0 Å². The van der Waals surface area contributed by atoms with Crippen LogP contribution in [0.5, 0.6) is 0 Å². The highest BCUT2D eigenvalue weighted by Crippen LogP contribution is 2.40. The first-order valence-corrected chi connectivity index (χ1v) is 11.4. The quantitative estimate of drug-likeness (QED) is 0.304. The number of alkyl halides is 3. The van der Waals surface area contributed by atoms with Crippen LogP contribution in [0.15, 0.2) is 76.9 Å². The molecule has 1 aromatic carbocycles. The van der Waals surface area contributed by atoms with Gasteiger partial charge in [-0.25, -0.2) is 4.79 Å². The van der Waals surface area contributed by atoms with Crippen molar-refractivity contribution in [3.05, 3.63) is 88.1 Å². The Kier molecular flexibility index (Phi) is 9.07. The van der Waals surface area contributed by atoms with E-state index in [-0.39, 0.29) is 11.1 Å². The lowest BCUT2D eigenvalue weighted by Crippen LogP contribution is -2.19. The van der Waals surface area contributed by atoms with Crippen molar-refractivity contribution < 1.29 is 27.9 Å². The van der Waals surface area contributed by atoms with Crippen LogP contribution in [-0.2, 0) is 11.0 Å². The molecule has 0 fully saturated rings. The Balaban J connectivity index is 2.08. The van der Waals surface area contributed by atoms with E-state index < -0.39 is 29.2 Å². The molecule has 0 heterocycles. The molecule has 0 bridgehead atoms. The minimum Gasteiger partial charge on any atom is -0.478 e. The molecule has 188 valence electrons. The molecule has 4 nitrogen and oxygen atoms in total. The number of benzene rings is 1. The molecule has 0 saturated heterocycles. The molecule has 0 saturated carbocycles. The predicted octanol–water partition coefficient (Wildman–Crippen LogP) is 7.87. The fraction of sp³-hybridized carbons (Fsp3) is 0.357. The van der Waals surface area contributed by atoms with Gasteiger partial charge in [0, 0.05) is 6.08 Å². The van der Waals surface area contributed by atoms with Gasteiger partial charge in [0.1, 0.15) is 0 Å². The second-order valence-corrected chi connectivity index (χ2v) is 9.48. The highest BCUT2D eigenvalue weighted by atomic mass is 19.4. The molecular formula is C28H32F3NO3. The van der Waals surface area contributed by atoms with E-state index in [2.05, 4.69) is 38.2 Å². The van der Waals surface area contributed by atoms with Crippen molar-refractivity contribution in [2.45, 2.75) is 60.1 Å². The smallest absolute Gasteiger partial charge is 0.416 e. The number of nitrogens with one attached hydrogen (secondary N) is 1. The molecule has 1 amide bonds. The summed E-state index contributed by atoms with van der Waals surface area (Å²) < 4.78 is 38.6. The van der Waals surface area contributed by atoms with Crippen LogP contribution in [0.25, 0.3) is 0 Å². The minimum atomic E-state index is -4.68. The van der Waals surface area contributed by atoms with Gasteiger partial charge in [-0.3, -0.25) is 4.79 Å². The van der Waals surface area contributed by atoms with Crippen LogP contribution in [0.3, 0.4) is 0 Å². The highest BCUT2D eigenvalue weighted by Gasteiger charge is 2.32. The van der Waals surface area contributed by atoms with Crippen molar-refractivity contribution >= 4 is 17.6 Å². The Morgan fingerprint density at radius 2 is 1.80 bits per heavy atom. The SMILES string of the molecule is CC1=C(/C=C/C(C)=C/C=C/C(C)=C/C(=O)Nc2ccc(C(F)(F)F)cc2C(=O)O)C(C)(C)CCC1. The highest BCUT2D eigenvalue weighted by molar-refractivity contribution is 6.05. The van der Waals surface area contributed by atoms with Crippen molar-refractivity contribution in [3.8, 4) is 0 Å². The number of aromatic carboxylic acids is 1. The van der Waals surface area contributed by atoms with Gasteiger partial charge in [-0.15, -0.1) is 0 Å². The van der Waals surface area contributed by atoms with Crippen LogP contribution in [0, 0.1) is 5.41 Å². The van der Waals surface area contributed by atoms with Gasteiger partial charge in [0.05, 0.1) is 16.8 Å². The van der Waals surface area contributed by atoms with E-state index in [1.165, 1.54) is 30.1 Å². The molecule has 0 atom stereocenters. The number of carbonyl (C=O) groups excluding carboxylic acids is 1. The summed E-state index contributed by atoms with van der Waals surface area (Å²) in [5.41, 5.74) is 2.64. The average Bonchev–Trinajstić information content (AvgIpc) is 2.72. The van der Waals surface area contributed by atoms with Gasteiger partial charge in [-0.05, 0) is 74.8 Å². The number of carbonyl (C=O) groups is 2. The first kappa shape index (κ1) is 27.9. The molecule has 0 aromatic heterocycles. The zero-order chi connectivity index (χ0) is 26.4. The fourth-order valence-corrected chi connectivity index (χ4v) is 4.06. The largest absolute Gasteiger partial charge is 0.478 e. The summed E-state index contributed by atoms with van der Waals surface area (Å²) in [7, 11) is 0. The molecular weight excluding hydrogens is 455 g/mol. The molecule has 0 spiro atoms. The molecule has 35 heavy (non-hydrogen) atoms. The molecule has 1 aliphatic carbocycles. The molecule has 0 unspecified atom stereocenters. The second-order valence-electron chi connectivity index (χ2n) is 9.48. The Morgan fingerprint density at radius 3 is 2.40 bits per heavy atom. The van der Waals surface area contributed by atoms with Crippen LogP contribution in [0.4, 0.5) is 18.9 Å². The van der Waals surface area contributed by atoms with Gasteiger partial charge in [0.25, 0.3) is 0 Å². The van der Waals surface area contributed by atoms with Crippen LogP contribution < -0.4 is 5.32 Å². The number of rotatable bonds is 7. The third-order valence-electron chi connectivity index (χ3n) is 5.97. The maximum absolute atomic E-state index is 12.9. The van der Waals surface area contributed by atoms with Gasteiger partial charge >= 0.3 is 12.1 Å². The number of carboxylic acids is 1. The Labute approximate surface area is 204 Å². The van der Waals surface area contributed by atoms with Crippen LogP contribution in [0.1, 0.15) is 69.8 Å². The Bertz CT molecular complexity index is 1130. The monoisotopic (exact) mass is 487 g/mol. The van der Waals surface area contributed by atoms with E-state index >= 15 is 0 Å². The third kappa shape index (κ3) is 8.12. The maximum atomic E-state index is 12.9. The van der Waals surface area contributed by atoms with E-state index in [4.69, 9.17) is 0 Å². The van der Waals surface area contributed by atoms with E-state index in [9.17, 15) is 27.9 Å². The van der Waals surface area contributed by atoms with Crippen LogP contribution in [0.2, 0.25) is 0 Å². The molecule has 2 rings (SSSR count). The van der Waals surface area contributed by atoms with Crippen LogP contribution >= 0.6 is 0 Å². The topological polar surface area (TPSA) is 66.4 Å². The number of carboxylic acid groups (broad SMARTS) is 1. The predicted molar refractivity (Wildman–Crippen MR) is 133 cm³/mol. The summed E-state index contributed by atoms with van der Waals surface area (Å²) in [5, 5.41) is 11.6. The molecule has 1 aliphatic rings. The minimum absolute atomic E-state index is 0.162. The lowest BCUT2D eigenvalue weighted by atomic mass is 9.72. The standard InChI is InChI=1S/C28H32F3NO3/c1-18(11-13-23-20(3)10-7-15-27(23,4)5)8-6-9-19(2)16-25(33)32-24-14-12-21(28(29,30)31)17-22(24)26(34)35/h6,8-9,11-14,16-17H,7,10,15H2,1-5H3,(H,32,33)(H,34,35)/b9-6+,13-11+,18-8+,19-16+. The Morgan fingerprint density at radius 1 is 1.11 bits per heavy atom. The zero-order valence-corrected chi connectivity index (χ0v) is 20.7.